The van der Waals surface area contributed by atoms with Crippen LogP contribution in [-0.4, -0.2) is 53.5 Å². The number of carbonyl (C=O) groups excluding carboxylic acids is 1. The Morgan fingerprint density at radius 3 is 2.71 bits per heavy atom. The summed E-state index contributed by atoms with van der Waals surface area (Å²) in [7, 11) is 2.11. The monoisotopic (exact) mass is 323 g/mol. The highest BCUT2D eigenvalue weighted by Gasteiger charge is 2.22. The van der Waals surface area contributed by atoms with Crippen molar-refractivity contribution in [1.29, 1.82) is 0 Å². The van der Waals surface area contributed by atoms with E-state index < -0.39 is 0 Å². The highest BCUT2D eigenvalue weighted by Crippen LogP contribution is 2.32. The summed E-state index contributed by atoms with van der Waals surface area (Å²) >= 11 is 0. The molecule has 0 spiro atoms. The third-order valence-electron chi connectivity index (χ3n) is 5.40. The second kappa shape index (κ2) is 6.10. The predicted molar refractivity (Wildman–Crippen MR) is 98.4 cm³/mol. The molecule has 4 nitrogen and oxygen atoms in total. The largest absolute Gasteiger partial charge is 0.341 e. The number of rotatable bonds is 2. The van der Waals surface area contributed by atoms with Gasteiger partial charge in [0, 0.05) is 54.9 Å². The Morgan fingerprint density at radius 1 is 1.17 bits per heavy atom. The maximum atomic E-state index is 12.9. The first-order valence-corrected chi connectivity index (χ1v) is 8.98. The second-order valence-corrected chi connectivity index (χ2v) is 6.88. The van der Waals surface area contributed by atoms with E-state index in [-0.39, 0.29) is 5.91 Å². The van der Waals surface area contributed by atoms with Gasteiger partial charge in [0.1, 0.15) is 0 Å². The third-order valence-corrected chi connectivity index (χ3v) is 5.40. The number of hydrogen-bond donors (Lipinski definition) is 0. The fourth-order valence-corrected chi connectivity index (χ4v) is 3.99. The number of piperazine rings is 1. The van der Waals surface area contributed by atoms with E-state index in [1.54, 1.807) is 0 Å². The zero-order chi connectivity index (χ0) is 16.7. The molecule has 1 saturated heterocycles. The summed E-state index contributed by atoms with van der Waals surface area (Å²) in [6.45, 7) is 6.71. The van der Waals surface area contributed by atoms with Crippen molar-refractivity contribution >= 4 is 22.9 Å². The molecule has 1 aliphatic carbocycles. The number of aromatic nitrogens is 1. The summed E-state index contributed by atoms with van der Waals surface area (Å²) in [5.41, 5.74) is 4.81. The van der Waals surface area contributed by atoms with Crippen molar-refractivity contribution < 1.29 is 4.79 Å². The maximum absolute atomic E-state index is 12.9. The molecule has 0 saturated carbocycles. The predicted octanol–water partition coefficient (Wildman–Crippen LogP) is 3.01. The SMILES string of the molecule is CCn1c2c(c3cc(C(=O)N4CCN(C)CC4)ccc31)CCC=C2. The van der Waals surface area contributed by atoms with Gasteiger partial charge in [0.05, 0.1) is 0 Å². The van der Waals surface area contributed by atoms with Gasteiger partial charge in [-0.05, 0) is 56.7 Å². The van der Waals surface area contributed by atoms with Gasteiger partial charge in [0.2, 0.25) is 0 Å². The number of fused-ring (bicyclic) bond motifs is 3. The number of benzene rings is 1. The van der Waals surface area contributed by atoms with Gasteiger partial charge < -0.3 is 14.4 Å². The number of likely N-dealkylation sites (N-methyl/N-ethyl adjacent to an activating group) is 1. The van der Waals surface area contributed by atoms with Gasteiger partial charge in [-0.15, -0.1) is 0 Å². The lowest BCUT2D eigenvalue weighted by Crippen LogP contribution is -2.47. The number of nitrogens with zero attached hydrogens (tertiary/aromatic N) is 3. The Kier molecular flexibility index (Phi) is 3.93. The lowest BCUT2D eigenvalue weighted by Gasteiger charge is -2.32. The Morgan fingerprint density at radius 2 is 1.96 bits per heavy atom. The van der Waals surface area contributed by atoms with Crippen molar-refractivity contribution in [3.63, 3.8) is 0 Å². The summed E-state index contributed by atoms with van der Waals surface area (Å²) in [6.07, 6.45) is 6.65. The zero-order valence-electron chi connectivity index (χ0n) is 14.6. The molecule has 1 aromatic heterocycles. The summed E-state index contributed by atoms with van der Waals surface area (Å²) < 4.78 is 2.37. The minimum Gasteiger partial charge on any atom is -0.341 e. The molecule has 1 aromatic carbocycles. The van der Waals surface area contributed by atoms with Gasteiger partial charge in [-0.3, -0.25) is 4.79 Å². The molecule has 2 aromatic rings. The molecule has 0 unspecified atom stereocenters. The summed E-state index contributed by atoms with van der Waals surface area (Å²) in [5, 5.41) is 1.26. The molecule has 0 radical (unpaired) electrons. The van der Waals surface area contributed by atoms with E-state index in [9.17, 15) is 4.79 Å². The molecule has 0 N–H and O–H groups in total. The molecular formula is C20H25N3O. The number of allylic oxidation sites excluding steroid dienone is 1. The number of hydrogen-bond acceptors (Lipinski definition) is 2. The molecule has 0 atom stereocenters. The topological polar surface area (TPSA) is 28.5 Å². The second-order valence-electron chi connectivity index (χ2n) is 6.88. The Hall–Kier alpha value is -2.07. The van der Waals surface area contributed by atoms with Crippen molar-refractivity contribution in [1.82, 2.24) is 14.4 Å². The van der Waals surface area contributed by atoms with E-state index in [0.29, 0.717) is 0 Å². The number of carbonyl (C=O) groups is 1. The van der Waals surface area contributed by atoms with Crippen molar-refractivity contribution in [3.8, 4) is 0 Å². The zero-order valence-corrected chi connectivity index (χ0v) is 14.6. The summed E-state index contributed by atoms with van der Waals surface area (Å²) in [5.74, 6) is 0.175. The number of amides is 1. The van der Waals surface area contributed by atoms with Crippen LogP contribution in [0.2, 0.25) is 0 Å². The van der Waals surface area contributed by atoms with Crippen LogP contribution < -0.4 is 0 Å². The van der Waals surface area contributed by atoms with Crippen LogP contribution in [0, 0.1) is 0 Å². The highest BCUT2D eigenvalue weighted by atomic mass is 16.2. The molecular weight excluding hydrogens is 298 g/mol. The first-order chi connectivity index (χ1) is 11.7. The Bertz CT molecular complexity index is 810. The van der Waals surface area contributed by atoms with Crippen LogP contribution >= 0.6 is 0 Å². The number of aryl methyl sites for hydroxylation is 2. The van der Waals surface area contributed by atoms with Crippen LogP contribution in [0.15, 0.2) is 24.3 Å². The maximum Gasteiger partial charge on any atom is 0.253 e. The van der Waals surface area contributed by atoms with Crippen LogP contribution in [-0.2, 0) is 13.0 Å². The van der Waals surface area contributed by atoms with E-state index in [4.69, 9.17) is 0 Å². The van der Waals surface area contributed by atoms with E-state index in [1.165, 1.54) is 22.2 Å². The van der Waals surface area contributed by atoms with Crippen LogP contribution in [0.1, 0.15) is 35.0 Å². The van der Waals surface area contributed by atoms with Crippen LogP contribution in [0.5, 0.6) is 0 Å². The molecule has 24 heavy (non-hydrogen) atoms. The quantitative estimate of drug-likeness (QED) is 0.850. The van der Waals surface area contributed by atoms with Crippen LogP contribution in [0.25, 0.3) is 17.0 Å². The Labute approximate surface area is 143 Å². The minimum absolute atomic E-state index is 0.175. The average molecular weight is 323 g/mol. The van der Waals surface area contributed by atoms with Gasteiger partial charge in [-0.1, -0.05) is 6.08 Å². The van der Waals surface area contributed by atoms with Crippen LogP contribution in [0.3, 0.4) is 0 Å². The highest BCUT2D eigenvalue weighted by molar-refractivity contribution is 6.00. The summed E-state index contributed by atoms with van der Waals surface area (Å²) in [6, 6.07) is 6.26. The van der Waals surface area contributed by atoms with E-state index in [0.717, 1.165) is 51.1 Å². The van der Waals surface area contributed by atoms with E-state index in [2.05, 4.69) is 47.7 Å². The van der Waals surface area contributed by atoms with E-state index >= 15 is 0 Å². The van der Waals surface area contributed by atoms with Gasteiger partial charge in [-0.25, -0.2) is 0 Å². The standard InChI is InChI=1S/C20H25N3O/c1-3-23-18-7-5-4-6-16(18)17-14-15(8-9-19(17)23)20(24)22-12-10-21(2)11-13-22/h5,7-9,14H,3-4,6,10-13H2,1-2H3. The first kappa shape index (κ1) is 15.5. The third kappa shape index (κ3) is 2.46. The van der Waals surface area contributed by atoms with Gasteiger partial charge in [-0.2, -0.15) is 0 Å². The van der Waals surface area contributed by atoms with Gasteiger partial charge in [0.25, 0.3) is 5.91 Å². The van der Waals surface area contributed by atoms with E-state index in [1.807, 2.05) is 11.0 Å². The fraction of sp³-hybridized carbons (Fsp3) is 0.450. The molecule has 126 valence electrons. The normalized spacial score (nSPS) is 18.2. The van der Waals surface area contributed by atoms with Crippen molar-refractivity contribution in [2.75, 3.05) is 33.2 Å². The molecule has 0 bridgehead atoms. The molecule has 1 aliphatic heterocycles. The molecule has 1 amide bonds. The molecule has 1 fully saturated rings. The van der Waals surface area contributed by atoms with Gasteiger partial charge >= 0.3 is 0 Å². The fourth-order valence-electron chi connectivity index (χ4n) is 3.99. The van der Waals surface area contributed by atoms with Gasteiger partial charge in [0.15, 0.2) is 0 Å². The molecule has 4 heteroatoms. The lowest BCUT2D eigenvalue weighted by atomic mass is 9.99. The summed E-state index contributed by atoms with van der Waals surface area (Å²) in [4.78, 5) is 17.1. The van der Waals surface area contributed by atoms with Crippen molar-refractivity contribution in [2.45, 2.75) is 26.3 Å². The molecule has 2 heterocycles. The minimum atomic E-state index is 0.175. The lowest BCUT2D eigenvalue weighted by molar-refractivity contribution is 0.0664. The Balaban J connectivity index is 1.73. The van der Waals surface area contributed by atoms with Crippen molar-refractivity contribution in [3.05, 3.63) is 41.1 Å². The van der Waals surface area contributed by atoms with Crippen molar-refractivity contribution in [2.24, 2.45) is 0 Å². The molecule has 2 aliphatic rings. The van der Waals surface area contributed by atoms with Crippen LogP contribution in [0.4, 0.5) is 0 Å². The first-order valence-electron chi connectivity index (χ1n) is 8.98. The smallest absolute Gasteiger partial charge is 0.253 e. The molecule has 4 rings (SSSR count). The average Bonchev–Trinajstić information content (AvgIpc) is 2.95.